The Hall–Kier alpha value is -7.20. The molecular weight excluding hydrogens is 1070 g/mol. The van der Waals surface area contributed by atoms with Gasteiger partial charge in [0, 0.05) is 82.1 Å². The number of anilines is 4. The van der Waals surface area contributed by atoms with E-state index < -0.39 is 6.85 Å². The van der Waals surface area contributed by atoms with Crippen molar-refractivity contribution < 1.29 is 29.9 Å². The first-order chi connectivity index (χ1) is 35.7. The van der Waals surface area contributed by atoms with E-state index in [4.69, 9.17) is 13.8 Å². The molecule has 0 unspecified atom stereocenters. The van der Waals surface area contributed by atoms with Gasteiger partial charge in [-0.15, -0.1) is 48.1 Å². The molecular formula is C67H61N4OPt-3. The fourth-order valence-corrected chi connectivity index (χ4v) is 9.91. The summed E-state index contributed by atoms with van der Waals surface area (Å²) in [5.41, 5.74) is 15.1. The molecule has 10 aromatic rings. The summed E-state index contributed by atoms with van der Waals surface area (Å²) in [7, 11) is 0. The molecule has 0 radical (unpaired) electrons. The van der Waals surface area contributed by atoms with E-state index in [1.807, 2.05) is 41.0 Å². The van der Waals surface area contributed by atoms with Gasteiger partial charge in [-0.1, -0.05) is 189 Å². The number of ether oxygens (including phenoxy) is 1. The van der Waals surface area contributed by atoms with Crippen LogP contribution >= 0.6 is 0 Å². The van der Waals surface area contributed by atoms with Gasteiger partial charge in [-0.2, -0.15) is 12.1 Å². The SMILES string of the molecule is [2H]C([2H])([2H])c1cc(-n2c3[c-]c(Oc4[c-]c(N5[CH-]N(c6c(-c7ccccc7)cccc6-c6ccc(C(C)(C)C)cc6)c6ccccc65)ccc4)ccc3c3cc(C(C)(C)C)ccc32)ncc1-c1ccc(C(C)(C)C)cc1.[Pt]. The third-order valence-electron chi connectivity index (χ3n) is 14.0. The minimum absolute atomic E-state index is 0. The van der Waals surface area contributed by atoms with Crippen molar-refractivity contribution >= 4 is 44.6 Å². The predicted molar refractivity (Wildman–Crippen MR) is 301 cm³/mol. The van der Waals surface area contributed by atoms with Crippen LogP contribution in [0, 0.1) is 25.7 Å². The average Bonchev–Trinajstić information content (AvgIpc) is 3.98. The van der Waals surface area contributed by atoms with Gasteiger partial charge in [-0.25, -0.2) is 4.98 Å². The second-order valence-corrected chi connectivity index (χ2v) is 22.1. The molecule has 0 fully saturated rings. The normalized spacial score (nSPS) is 13.6. The smallest absolute Gasteiger partial charge is 0.135 e. The Balaban J connectivity index is 0.00000657. The summed E-state index contributed by atoms with van der Waals surface area (Å²) in [5, 5.41) is 1.96. The monoisotopic (exact) mass is 1140 g/mol. The summed E-state index contributed by atoms with van der Waals surface area (Å²) in [6.07, 6.45) is 1.70. The van der Waals surface area contributed by atoms with Crippen LogP contribution in [-0.2, 0) is 37.3 Å². The van der Waals surface area contributed by atoms with Crippen molar-refractivity contribution in [3.05, 3.63) is 223 Å². The van der Waals surface area contributed by atoms with Crippen molar-refractivity contribution in [2.24, 2.45) is 0 Å². The van der Waals surface area contributed by atoms with E-state index in [-0.39, 0.29) is 42.9 Å². The fraction of sp³-hybridized carbons (Fsp3) is 0.194. The summed E-state index contributed by atoms with van der Waals surface area (Å²) < 4.78 is 35.0. The maximum absolute atomic E-state index is 8.75. The van der Waals surface area contributed by atoms with E-state index in [9.17, 15) is 0 Å². The van der Waals surface area contributed by atoms with Crippen molar-refractivity contribution in [1.82, 2.24) is 9.55 Å². The van der Waals surface area contributed by atoms with Gasteiger partial charge < -0.3 is 19.1 Å². The van der Waals surface area contributed by atoms with Gasteiger partial charge in [0.25, 0.3) is 0 Å². The average molecular weight is 1140 g/mol. The number of aromatic nitrogens is 2. The number of hydrogen-bond donors (Lipinski definition) is 0. The van der Waals surface area contributed by atoms with Crippen LogP contribution in [0.3, 0.4) is 0 Å². The van der Waals surface area contributed by atoms with Crippen molar-refractivity contribution in [3.63, 3.8) is 0 Å². The third-order valence-corrected chi connectivity index (χ3v) is 14.0. The first kappa shape index (κ1) is 45.6. The number of rotatable bonds is 8. The second-order valence-electron chi connectivity index (χ2n) is 22.1. The van der Waals surface area contributed by atoms with Crippen molar-refractivity contribution in [3.8, 4) is 50.7 Å². The maximum Gasteiger partial charge on any atom is 0.135 e. The second kappa shape index (κ2) is 19.0. The molecule has 0 amide bonds. The van der Waals surface area contributed by atoms with Gasteiger partial charge in [0.05, 0.1) is 0 Å². The molecule has 0 spiro atoms. The summed E-state index contributed by atoms with van der Waals surface area (Å²) in [5.74, 6) is 1.47. The first-order valence-corrected chi connectivity index (χ1v) is 24.9. The Morgan fingerprint density at radius 2 is 1.07 bits per heavy atom. The summed E-state index contributed by atoms with van der Waals surface area (Å²) in [6, 6.07) is 68.1. The molecule has 2 aromatic heterocycles. The minimum atomic E-state index is -2.41. The molecule has 0 bridgehead atoms. The Kier molecular flexibility index (Phi) is 11.9. The van der Waals surface area contributed by atoms with Crippen molar-refractivity contribution in [1.29, 1.82) is 0 Å². The van der Waals surface area contributed by atoms with Crippen LogP contribution in [0.15, 0.2) is 182 Å². The molecule has 6 heteroatoms. The van der Waals surface area contributed by atoms with Crippen LogP contribution in [0.4, 0.5) is 22.7 Å². The summed E-state index contributed by atoms with van der Waals surface area (Å²) >= 11 is 0. The molecule has 3 heterocycles. The molecule has 11 rings (SSSR count). The number of para-hydroxylation sites is 3. The van der Waals surface area contributed by atoms with Crippen LogP contribution < -0.4 is 14.5 Å². The first-order valence-electron chi connectivity index (χ1n) is 26.4. The van der Waals surface area contributed by atoms with E-state index in [1.54, 1.807) is 12.3 Å². The largest absolute Gasteiger partial charge is 0.509 e. The molecule has 368 valence electrons. The number of pyridine rings is 1. The summed E-state index contributed by atoms with van der Waals surface area (Å²) in [4.78, 5) is 9.50. The number of fused-ring (bicyclic) bond motifs is 4. The molecule has 73 heavy (non-hydrogen) atoms. The zero-order valence-electron chi connectivity index (χ0n) is 45.9. The molecule has 0 atom stereocenters. The van der Waals surface area contributed by atoms with Crippen LogP contribution in [0.2, 0.25) is 0 Å². The van der Waals surface area contributed by atoms with Gasteiger partial charge >= 0.3 is 0 Å². The van der Waals surface area contributed by atoms with Crippen LogP contribution in [0.25, 0.3) is 61.0 Å². The van der Waals surface area contributed by atoms with E-state index >= 15 is 0 Å². The number of hydrogen-bond acceptors (Lipinski definition) is 4. The molecule has 8 aromatic carbocycles. The van der Waals surface area contributed by atoms with Gasteiger partial charge in [0.15, 0.2) is 0 Å². The zero-order valence-corrected chi connectivity index (χ0v) is 45.2. The topological polar surface area (TPSA) is 33.5 Å². The van der Waals surface area contributed by atoms with Crippen molar-refractivity contribution in [2.45, 2.75) is 85.4 Å². The quantitative estimate of drug-likeness (QED) is 0.142. The minimum Gasteiger partial charge on any atom is -0.509 e. The Bertz CT molecular complexity index is 3770. The number of aryl methyl sites for hydroxylation is 1. The zero-order chi connectivity index (χ0) is 52.6. The standard InChI is InChI=1S/C67H61N4O.Pt/c1-44-38-63(68-42-58(44)47-28-32-49(33-29-47)66(5,6)7)71-59-37-34-50(67(8,9)10)39-57(59)56-36-35-53(41-62(56)71)72-52-21-16-20-51(40-52)69-43-70(61-25-15-14-24-60(61)69)64-54(45-18-12-11-13-19-45)22-17-23-55(64)46-26-30-48(31-27-46)65(2,3)4;/h11-39,42-43H,1-10H3;/q-3;/i1D3;. The van der Waals surface area contributed by atoms with Crippen LogP contribution in [0.1, 0.15) is 88.7 Å². The van der Waals surface area contributed by atoms with Crippen LogP contribution in [0.5, 0.6) is 11.5 Å². The molecule has 0 N–H and O–H groups in total. The molecule has 1 aliphatic heterocycles. The number of benzene rings is 8. The predicted octanol–water partition coefficient (Wildman–Crippen LogP) is 18.2. The van der Waals surface area contributed by atoms with Gasteiger partial charge in [0.1, 0.15) is 5.82 Å². The summed E-state index contributed by atoms with van der Waals surface area (Å²) in [6.45, 7) is 19.6. The molecule has 0 aliphatic carbocycles. The van der Waals surface area contributed by atoms with Gasteiger partial charge in [0.2, 0.25) is 0 Å². The third kappa shape index (κ3) is 9.41. The van der Waals surface area contributed by atoms with Gasteiger partial charge in [-0.3, -0.25) is 0 Å². The van der Waals surface area contributed by atoms with Crippen molar-refractivity contribution in [2.75, 3.05) is 9.80 Å². The molecule has 0 saturated heterocycles. The molecule has 5 nitrogen and oxygen atoms in total. The Morgan fingerprint density at radius 3 is 1.70 bits per heavy atom. The molecule has 1 aliphatic rings. The van der Waals surface area contributed by atoms with E-state index in [0.717, 1.165) is 72.4 Å². The van der Waals surface area contributed by atoms with E-state index in [2.05, 4.69) is 224 Å². The fourth-order valence-electron chi connectivity index (χ4n) is 9.91. The Morgan fingerprint density at radius 1 is 0.507 bits per heavy atom. The maximum atomic E-state index is 8.75. The number of nitrogens with zero attached hydrogens (tertiary/aromatic N) is 4. The van der Waals surface area contributed by atoms with E-state index in [1.165, 1.54) is 16.7 Å². The Labute approximate surface area is 450 Å². The van der Waals surface area contributed by atoms with E-state index in [0.29, 0.717) is 22.9 Å². The van der Waals surface area contributed by atoms with Gasteiger partial charge in [-0.05, 0) is 91.7 Å². The molecule has 0 saturated carbocycles. The van der Waals surface area contributed by atoms with Crippen LogP contribution in [-0.4, -0.2) is 9.55 Å².